The van der Waals surface area contributed by atoms with Crippen LogP contribution in [0.2, 0.25) is 0 Å². The molecular formula is C25H26N2O6S. The Morgan fingerprint density at radius 2 is 1.76 bits per heavy atom. The van der Waals surface area contributed by atoms with Crippen molar-refractivity contribution >= 4 is 35.5 Å². The first-order valence-electron chi connectivity index (χ1n) is 10.9. The molecule has 0 radical (unpaired) electrons. The molecule has 2 saturated heterocycles. The first kappa shape index (κ1) is 23.8. The number of amides is 2. The van der Waals surface area contributed by atoms with Gasteiger partial charge in [0.15, 0.2) is 5.92 Å². The molecule has 0 aliphatic carbocycles. The lowest BCUT2D eigenvalue weighted by atomic mass is 9.94. The quantitative estimate of drug-likeness (QED) is 0.282. The molecule has 2 aromatic rings. The van der Waals surface area contributed by atoms with E-state index in [1.807, 2.05) is 19.9 Å². The summed E-state index contributed by atoms with van der Waals surface area (Å²) in [6, 6.07) is 11.8. The molecule has 2 aliphatic rings. The van der Waals surface area contributed by atoms with Crippen molar-refractivity contribution in [3.8, 4) is 5.75 Å². The van der Waals surface area contributed by atoms with Gasteiger partial charge >= 0.3 is 11.9 Å². The fourth-order valence-electron chi connectivity index (χ4n) is 4.37. The third-order valence-corrected chi connectivity index (χ3v) is 7.87. The highest BCUT2D eigenvalue weighted by Gasteiger charge is 2.64. The second kappa shape index (κ2) is 8.79. The summed E-state index contributed by atoms with van der Waals surface area (Å²) in [7, 11) is 0. The molecule has 2 N–H and O–H groups in total. The molecule has 4 atom stereocenters. The van der Waals surface area contributed by atoms with Crippen LogP contribution in [0.3, 0.4) is 0 Å². The maximum Gasteiger partial charge on any atom is 0.328 e. The molecule has 2 heterocycles. The minimum absolute atomic E-state index is 0.324. The lowest BCUT2D eigenvalue weighted by Crippen LogP contribution is -2.71. The van der Waals surface area contributed by atoms with E-state index in [9.17, 15) is 24.3 Å². The molecule has 0 saturated carbocycles. The van der Waals surface area contributed by atoms with Gasteiger partial charge in [0.05, 0.1) is 0 Å². The van der Waals surface area contributed by atoms with E-state index in [2.05, 4.69) is 5.32 Å². The number of benzene rings is 2. The molecular weight excluding hydrogens is 456 g/mol. The second-order valence-corrected chi connectivity index (χ2v) is 10.9. The molecule has 8 nitrogen and oxygen atoms in total. The number of carbonyl (C=O) groups excluding carboxylic acids is 3. The van der Waals surface area contributed by atoms with Crippen LogP contribution in [0.1, 0.15) is 36.5 Å². The number of nitrogens with zero attached hydrogens (tertiary/aromatic N) is 1. The fraction of sp³-hybridized carbons (Fsp3) is 0.360. The first-order valence-corrected chi connectivity index (χ1v) is 11.8. The van der Waals surface area contributed by atoms with Gasteiger partial charge in [-0.25, -0.2) is 4.79 Å². The molecule has 2 fully saturated rings. The van der Waals surface area contributed by atoms with E-state index >= 15 is 0 Å². The summed E-state index contributed by atoms with van der Waals surface area (Å²) in [6.07, 6.45) is 0. The Balaban J connectivity index is 1.55. The van der Waals surface area contributed by atoms with Crippen LogP contribution in [0.25, 0.3) is 0 Å². The van der Waals surface area contributed by atoms with Gasteiger partial charge in [0, 0.05) is 4.75 Å². The summed E-state index contributed by atoms with van der Waals surface area (Å²) in [5.74, 6) is -3.96. The average Bonchev–Trinajstić information content (AvgIpc) is 3.03. The Morgan fingerprint density at radius 1 is 1.09 bits per heavy atom. The molecule has 0 aromatic heterocycles. The standard InChI is InChI=1S/C25H26N2O6S/c1-13-10-11-16(12-14(13)2)33-24(32)17(15-8-6-5-7-9-15)20(28)26-18-21(29)27-19(23(30)31)25(3,4)34-22(18)27/h5-12,17-19,22H,1-4H3,(H,26,28)(H,30,31). The fourth-order valence-corrected chi connectivity index (χ4v) is 6.00. The SMILES string of the molecule is Cc1ccc(OC(=O)C(C(=O)NC2C(=O)N3C2SC(C)(C)C3C(=O)O)c2ccccc2)cc1C. The van der Waals surface area contributed by atoms with Gasteiger partial charge in [0.2, 0.25) is 11.8 Å². The number of β-lactam (4-membered cyclic amide) rings is 1. The Hall–Kier alpha value is -3.33. The third-order valence-electron chi connectivity index (χ3n) is 6.30. The van der Waals surface area contributed by atoms with Crippen LogP contribution in [0, 0.1) is 13.8 Å². The highest BCUT2D eigenvalue weighted by molar-refractivity contribution is 8.01. The zero-order valence-electron chi connectivity index (χ0n) is 19.3. The van der Waals surface area contributed by atoms with Crippen LogP contribution >= 0.6 is 11.8 Å². The van der Waals surface area contributed by atoms with Crippen LogP contribution in [0.5, 0.6) is 5.75 Å². The topological polar surface area (TPSA) is 113 Å². The van der Waals surface area contributed by atoms with Crippen LogP contribution < -0.4 is 10.1 Å². The first-order chi connectivity index (χ1) is 16.0. The lowest BCUT2D eigenvalue weighted by Gasteiger charge is -2.43. The van der Waals surface area contributed by atoms with E-state index in [0.717, 1.165) is 11.1 Å². The van der Waals surface area contributed by atoms with E-state index in [-0.39, 0.29) is 0 Å². The van der Waals surface area contributed by atoms with Gasteiger partial charge in [-0.2, -0.15) is 0 Å². The molecule has 0 bridgehead atoms. The third kappa shape index (κ3) is 4.16. The molecule has 178 valence electrons. The van der Waals surface area contributed by atoms with Crippen molar-refractivity contribution in [3.63, 3.8) is 0 Å². The van der Waals surface area contributed by atoms with Gasteiger partial charge in [-0.1, -0.05) is 36.4 Å². The second-order valence-electron chi connectivity index (χ2n) is 9.10. The van der Waals surface area contributed by atoms with Gasteiger partial charge in [0.1, 0.15) is 23.2 Å². The van der Waals surface area contributed by atoms with Crippen molar-refractivity contribution in [3.05, 3.63) is 65.2 Å². The van der Waals surface area contributed by atoms with E-state index in [1.165, 1.54) is 16.7 Å². The van der Waals surface area contributed by atoms with Crippen molar-refractivity contribution in [2.75, 3.05) is 0 Å². The number of ether oxygens (including phenoxy) is 1. The van der Waals surface area contributed by atoms with Crippen LogP contribution in [-0.2, 0) is 19.2 Å². The number of hydrogen-bond acceptors (Lipinski definition) is 6. The Bertz CT molecular complexity index is 1170. The van der Waals surface area contributed by atoms with Gasteiger partial charge < -0.3 is 20.1 Å². The highest BCUT2D eigenvalue weighted by atomic mass is 32.2. The number of esters is 1. The van der Waals surface area contributed by atoms with Gasteiger partial charge in [-0.3, -0.25) is 14.4 Å². The van der Waals surface area contributed by atoms with E-state index in [0.29, 0.717) is 11.3 Å². The summed E-state index contributed by atoms with van der Waals surface area (Å²) in [6.45, 7) is 7.35. The smallest absolute Gasteiger partial charge is 0.328 e. The predicted octanol–water partition coefficient (Wildman–Crippen LogP) is 2.62. The van der Waals surface area contributed by atoms with Crippen molar-refractivity contribution < 1.29 is 29.0 Å². The number of aryl methyl sites for hydroxylation is 2. The summed E-state index contributed by atoms with van der Waals surface area (Å²) in [5, 5.41) is 11.7. The van der Waals surface area contributed by atoms with Crippen LogP contribution in [0.4, 0.5) is 0 Å². The number of rotatable bonds is 6. The zero-order chi connectivity index (χ0) is 24.8. The number of thioether (sulfide) groups is 1. The molecule has 2 aliphatic heterocycles. The summed E-state index contributed by atoms with van der Waals surface area (Å²) in [4.78, 5) is 52.2. The molecule has 4 unspecified atom stereocenters. The molecule has 4 rings (SSSR count). The van der Waals surface area contributed by atoms with E-state index < -0.39 is 51.9 Å². The lowest BCUT2D eigenvalue weighted by molar-refractivity contribution is -0.161. The zero-order valence-corrected chi connectivity index (χ0v) is 20.1. The number of carboxylic acids is 1. The minimum atomic E-state index is -1.29. The molecule has 9 heteroatoms. The Labute approximate surface area is 201 Å². The van der Waals surface area contributed by atoms with Gasteiger partial charge in [0.25, 0.3) is 0 Å². The Kier molecular flexibility index (Phi) is 6.16. The molecule has 2 amide bonds. The highest BCUT2D eigenvalue weighted by Crippen LogP contribution is 2.50. The summed E-state index contributed by atoms with van der Waals surface area (Å²) < 4.78 is 4.82. The van der Waals surface area contributed by atoms with Crippen molar-refractivity contribution in [1.82, 2.24) is 10.2 Å². The largest absolute Gasteiger partial charge is 0.480 e. The maximum atomic E-state index is 13.3. The summed E-state index contributed by atoms with van der Waals surface area (Å²) >= 11 is 1.32. The van der Waals surface area contributed by atoms with Crippen LogP contribution in [-0.4, -0.2) is 56.0 Å². The van der Waals surface area contributed by atoms with Crippen molar-refractivity contribution in [2.45, 2.75) is 55.8 Å². The molecule has 34 heavy (non-hydrogen) atoms. The van der Waals surface area contributed by atoms with E-state index in [1.54, 1.807) is 56.3 Å². The van der Waals surface area contributed by atoms with Crippen molar-refractivity contribution in [1.29, 1.82) is 0 Å². The molecule has 2 aromatic carbocycles. The minimum Gasteiger partial charge on any atom is -0.480 e. The Morgan fingerprint density at radius 3 is 2.38 bits per heavy atom. The average molecular weight is 483 g/mol. The number of carboxylic acid groups (broad SMARTS) is 1. The van der Waals surface area contributed by atoms with Gasteiger partial charge in [-0.15, -0.1) is 11.8 Å². The number of carbonyl (C=O) groups is 4. The van der Waals surface area contributed by atoms with E-state index in [4.69, 9.17) is 4.74 Å². The molecule has 0 spiro atoms. The number of fused-ring (bicyclic) bond motifs is 1. The van der Waals surface area contributed by atoms with Crippen LogP contribution in [0.15, 0.2) is 48.5 Å². The monoisotopic (exact) mass is 482 g/mol. The summed E-state index contributed by atoms with van der Waals surface area (Å²) in [5.41, 5.74) is 2.42. The maximum absolute atomic E-state index is 13.3. The predicted molar refractivity (Wildman–Crippen MR) is 126 cm³/mol. The number of aliphatic carboxylic acids is 1. The normalized spacial score (nSPS) is 23.5. The van der Waals surface area contributed by atoms with Crippen molar-refractivity contribution in [2.24, 2.45) is 0 Å². The van der Waals surface area contributed by atoms with Gasteiger partial charge in [-0.05, 0) is 56.5 Å². The number of nitrogens with one attached hydrogen (secondary N) is 1. The number of hydrogen-bond donors (Lipinski definition) is 2.